The molecule has 0 radical (unpaired) electrons. The first-order valence-corrected chi connectivity index (χ1v) is 6.80. The zero-order valence-electron chi connectivity index (χ0n) is 11.3. The Hall–Kier alpha value is -1.06. The molecule has 1 aromatic carbocycles. The molecule has 0 saturated carbocycles. The number of likely N-dealkylation sites (tertiary alicyclic amines) is 1. The summed E-state index contributed by atoms with van der Waals surface area (Å²) in [7, 11) is 1.70. The maximum atomic E-state index is 9.82. The van der Waals surface area contributed by atoms with Crippen LogP contribution in [0.4, 0.5) is 0 Å². The lowest BCUT2D eigenvalue weighted by Crippen LogP contribution is -2.31. The normalized spacial score (nSPS) is 22.1. The Kier molecular flexibility index (Phi) is 4.61. The van der Waals surface area contributed by atoms with Crippen LogP contribution in [0.1, 0.15) is 37.8 Å². The Balaban J connectivity index is 2.10. The summed E-state index contributed by atoms with van der Waals surface area (Å²) in [5, 5.41) is 9.82. The van der Waals surface area contributed by atoms with E-state index in [0.29, 0.717) is 6.04 Å². The van der Waals surface area contributed by atoms with Gasteiger partial charge in [0.05, 0.1) is 13.2 Å². The van der Waals surface area contributed by atoms with Crippen molar-refractivity contribution in [2.45, 2.75) is 38.3 Å². The van der Waals surface area contributed by atoms with Crippen LogP contribution in [0.2, 0.25) is 0 Å². The van der Waals surface area contributed by atoms with Gasteiger partial charge in [0.1, 0.15) is 5.75 Å². The lowest BCUT2D eigenvalue weighted by molar-refractivity contribution is 0.103. The number of hydrogen-bond acceptors (Lipinski definition) is 3. The quantitative estimate of drug-likeness (QED) is 0.870. The number of aliphatic hydroxyl groups is 1. The van der Waals surface area contributed by atoms with Crippen molar-refractivity contribution in [3.8, 4) is 5.75 Å². The molecule has 1 heterocycles. The van der Waals surface area contributed by atoms with Crippen molar-refractivity contribution in [1.29, 1.82) is 0 Å². The number of nitrogens with zero attached hydrogens (tertiary/aromatic N) is 1. The number of aliphatic hydroxyl groups excluding tert-OH is 1. The Labute approximate surface area is 109 Å². The Morgan fingerprint density at radius 2 is 2.33 bits per heavy atom. The average Bonchev–Trinajstić information content (AvgIpc) is 2.86. The predicted molar refractivity (Wildman–Crippen MR) is 72.8 cm³/mol. The van der Waals surface area contributed by atoms with Crippen LogP contribution in [0.15, 0.2) is 24.3 Å². The first kappa shape index (κ1) is 13.4. The minimum absolute atomic E-state index is 0.212. The number of β-amino-alcohol motifs (C(OH)–C–C–N with tert-alkyl or cyclic N) is 1. The van der Waals surface area contributed by atoms with Gasteiger partial charge in [-0.3, -0.25) is 4.90 Å². The number of hydrogen-bond donors (Lipinski definition) is 1. The summed E-state index contributed by atoms with van der Waals surface area (Å²) in [5.41, 5.74) is 1.30. The molecule has 1 aliphatic heterocycles. The molecule has 3 nitrogen and oxygen atoms in total. The van der Waals surface area contributed by atoms with Crippen molar-refractivity contribution in [2.75, 3.05) is 20.2 Å². The van der Waals surface area contributed by atoms with Gasteiger partial charge in [-0.2, -0.15) is 0 Å². The molecule has 3 heteroatoms. The standard InChI is InChI=1S/C15H23NO2/c1-3-13(17)11-16-9-5-8-15(16)12-6-4-7-14(10-12)18-2/h4,6-7,10,13,15,17H,3,5,8-9,11H2,1-2H3. The van der Waals surface area contributed by atoms with Crippen molar-refractivity contribution >= 4 is 0 Å². The van der Waals surface area contributed by atoms with Crippen LogP contribution in [-0.4, -0.2) is 36.3 Å². The van der Waals surface area contributed by atoms with Gasteiger partial charge in [0.15, 0.2) is 0 Å². The zero-order valence-corrected chi connectivity index (χ0v) is 11.3. The summed E-state index contributed by atoms with van der Waals surface area (Å²) in [4.78, 5) is 2.39. The topological polar surface area (TPSA) is 32.7 Å². The van der Waals surface area contributed by atoms with E-state index in [1.165, 1.54) is 18.4 Å². The Morgan fingerprint density at radius 1 is 1.50 bits per heavy atom. The second-order valence-electron chi connectivity index (χ2n) is 4.99. The predicted octanol–water partition coefficient (Wildman–Crippen LogP) is 2.60. The molecule has 1 fully saturated rings. The van der Waals surface area contributed by atoms with E-state index in [1.807, 2.05) is 19.1 Å². The second-order valence-corrected chi connectivity index (χ2v) is 4.99. The highest BCUT2D eigenvalue weighted by Gasteiger charge is 2.27. The molecule has 1 N–H and O–H groups in total. The monoisotopic (exact) mass is 249 g/mol. The van der Waals surface area contributed by atoms with Gasteiger partial charge in [0.2, 0.25) is 0 Å². The van der Waals surface area contributed by atoms with Crippen molar-refractivity contribution in [2.24, 2.45) is 0 Å². The Bertz CT molecular complexity index is 381. The van der Waals surface area contributed by atoms with E-state index >= 15 is 0 Å². The van der Waals surface area contributed by atoms with Gasteiger partial charge in [-0.1, -0.05) is 19.1 Å². The number of ether oxygens (including phenoxy) is 1. The van der Waals surface area contributed by atoms with E-state index in [0.717, 1.165) is 25.3 Å². The van der Waals surface area contributed by atoms with Crippen molar-refractivity contribution < 1.29 is 9.84 Å². The molecule has 2 rings (SSSR count). The number of methoxy groups -OCH3 is 1. The fourth-order valence-corrected chi connectivity index (χ4v) is 2.67. The zero-order chi connectivity index (χ0) is 13.0. The van der Waals surface area contributed by atoms with Crippen LogP contribution in [-0.2, 0) is 0 Å². The summed E-state index contributed by atoms with van der Waals surface area (Å²) in [6.45, 7) is 3.89. The van der Waals surface area contributed by atoms with Gasteiger partial charge in [-0.15, -0.1) is 0 Å². The third-order valence-corrected chi connectivity index (χ3v) is 3.76. The summed E-state index contributed by atoms with van der Waals surface area (Å²) in [5.74, 6) is 0.912. The average molecular weight is 249 g/mol. The van der Waals surface area contributed by atoms with E-state index in [-0.39, 0.29) is 6.10 Å². The molecule has 1 aromatic rings. The summed E-state index contributed by atoms with van der Waals surface area (Å²) < 4.78 is 5.28. The van der Waals surface area contributed by atoms with Gasteiger partial charge in [-0.25, -0.2) is 0 Å². The van der Waals surface area contributed by atoms with Crippen molar-refractivity contribution in [3.63, 3.8) is 0 Å². The van der Waals surface area contributed by atoms with E-state index in [2.05, 4.69) is 17.0 Å². The number of benzene rings is 1. The second kappa shape index (κ2) is 6.21. The first-order valence-electron chi connectivity index (χ1n) is 6.80. The molecule has 2 atom stereocenters. The minimum atomic E-state index is -0.212. The first-order chi connectivity index (χ1) is 8.74. The SMILES string of the molecule is CCC(O)CN1CCCC1c1cccc(OC)c1. The molecular formula is C15H23NO2. The fourth-order valence-electron chi connectivity index (χ4n) is 2.67. The van der Waals surface area contributed by atoms with Crippen molar-refractivity contribution in [3.05, 3.63) is 29.8 Å². The van der Waals surface area contributed by atoms with Crippen LogP contribution in [0.3, 0.4) is 0 Å². The van der Waals surface area contributed by atoms with Gasteiger partial charge < -0.3 is 9.84 Å². The van der Waals surface area contributed by atoms with Gasteiger partial charge >= 0.3 is 0 Å². The largest absolute Gasteiger partial charge is 0.497 e. The smallest absolute Gasteiger partial charge is 0.119 e. The third kappa shape index (κ3) is 3.03. The van der Waals surface area contributed by atoms with Gasteiger partial charge in [0.25, 0.3) is 0 Å². The molecule has 0 bridgehead atoms. The van der Waals surface area contributed by atoms with Crippen LogP contribution in [0, 0.1) is 0 Å². The molecule has 100 valence electrons. The van der Waals surface area contributed by atoms with E-state index in [1.54, 1.807) is 7.11 Å². The maximum Gasteiger partial charge on any atom is 0.119 e. The summed E-state index contributed by atoms with van der Waals surface area (Å²) in [6.07, 6.45) is 2.99. The van der Waals surface area contributed by atoms with Crippen LogP contribution < -0.4 is 4.74 Å². The van der Waals surface area contributed by atoms with Gasteiger partial charge in [0, 0.05) is 12.6 Å². The molecule has 1 saturated heterocycles. The van der Waals surface area contributed by atoms with E-state index in [4.69, 9.17) is 4.74 Å². The highest BCUT2D eigenvalue weighted by atomic mass is 16.5. The highest BCUT2D eigenvalue weighted by Crippen LogP contribution is 2.33. The van der Waals surface area contributed by atoms with Crippen LogP contribution in [0.25, 0.3) is 0 Å². The molecule has 0 aromatic heterocycles. The summed E-state index contributed by atoms with van der Waals surface area (Å²) in [6, 6.07) is 8.72. The molecule has 18 heavy (non-hydrogen) atoms. The lowest BCUT2D eigenvalue weighted by Gasteiger charge is -2.27. The molecule has 0 aliphatic carbocycles. The molecule has 0 amide bonds. The lowest BCUT2D eigenvalue weighted by atomic mass is 10.0. The van der Waals surface area contributed by atoms with Crippen molar-refractivity contribution in [1.82, 2.24) is 4.90 Å². The summed E-state index contributed by atoms with van der Waals surface area (Å²) >= 11 is 0. The highest BCUT2D eigenvalue weighted by molar-refractivity contribution is 5.31. The molecule has 1 aliphatic rings. The van der Waals surface area contributed by atoms with Crippen LogP contribution >= 0.6 is 0 Å². The van der Waals surface area contributed by atoms with Crippen LogP contribution in [0.5, 0.6) is 5.75 Å². The minimum Gasteiger partial charge on any atom is -0.497 e. The Morgan fingerprint density at radius 3 is 3.06 bits per heavy atom. The molecule has 0 spiro atoms. The number of rotatable bonds is 5. The molecular weight excluding hydrogens is 226 g/mol. The molecule has 2 unspecified atom stereocenters. The maximum absolute atomic E-state index is 9.82. The third-order valence-electron chi connectivity index (χ3n) is 3.76. The van der Waals surface area contributed by atoms with E-state index < -0.39 is 0 Å². The van der Waals surface area contributed by atoms with Gasteiger partial charge in [-0.05, 0) is 43.5 Å². The van der Waals surface area contributed by atoms with E-state index in [9.17, 15) is 5.11 Å². The fraction of sp³-hybridized carbons (Fsp3) is 0.600.